The molecule has 3 aromatic heterocycles. The van der Waals surface area contributed by atoms with Crippen molar-refractivity contribution in [3.63, 3.8) is 0 Å². The first-order chi connectivity index (χ1) is 13.7. The number of oxazole rings is 1. The summed E-state index contributed by atoms with van der Waals surface area (Å²) in [4.78, 5) is 20.7. The normalized spacial score (nSPS) is 10.8. The van der Waals surface area contributed by atoms with Gasteiger partial charge in [0.25, 0.3) is 0 Å². The van der Waals surface area contributed by atoms with Crippen LogP contribution in [0.25, 0.3) is 17.1 Å². The lowest BCUT2D eigenvalue weighted by molar-refractivity contribution is -0.116. The fourth-order valence-electron chi connectivity index (χ4n) is 2.72. The molecule has 0 bridgehead atoms. The number of aromatic nitrogens is 4. The highest BCUT2D eigenvalue weighted by Gasteiger charge is 2.10. The molecule has 0 aliphatic heterocycles. The summed E-state index contributed by atoms with van der Waals surface area (Å²) in [6, 6.07) is 13.4. The van der Waals surface area contributed by atoms with Gasteiger partial charge < -0.3 is 9.73 Å². The van der Waals surface area contributed by atoms with Crippen molar-refractivity contribution in [3.8, 4) is 17.1 Å². The number of hydrogen-bond donors (Lipinski definition) is 1. The first-order valence-electron chi connectivity index (χ1n) is 8.95. The van der Waals surface area contributed by atoms with E-state index in [0.29, 0.717) is 29.6 Å². The van der Waals surface area contributed by atoms with Gasteiger partial charge in [0.05, 0.1) is 18.1 Å². The average molecular weight is 373 g/mol. The van der Waals surface area contributed by atoms with Gasteiger partial charge in [-0.25, -0.2) is 14.6 Å². The highest BCUT2D eigenvalue weighted by Crippen LogP contribution is 2.21. The van der Waals surface area contributed by atoms with E-state index in [4.69, 9.17) is 4.42 Å². The molecule has 4 aromatic rings. The first-order valence-corrected chi connectivity index (χ1v) is 8.95. The number of rotatable bonds is 6. The monoisotopic (exact) mass is 373 g/mol. The topological polar surface area (TPSA) is 85.8 Å². The van der Waals surface area contributed by atoms with E-state index in [1.54, 1.807) is 35.4 Å². The van der Waals surface area contributed by atoms with E-state index in [1.807, 2.05) is 43.5 Å². The van der Waals surface area contributed by atoms with Crippen molar-refractivity contribution in [1.29, 1.82) is 0 Å². The van der Waals surface area contributed by atoms with Crippen LogP contribution in [0.1, 0.15) is 17.9 Å². The Labute approximate surface area is 162 Å². The summed E-state index contributed by atoms with van der Waals surface area (Å²) in [7, 11) is 0. The second-order valence-corrected chi connectivity index (χ2v) is 6.39. The molecule has 0 saturated heterocycles. The molecule has 1 aromatic carbocycles. The third kappa shape index (κ3) is 4.15. The fraction of sp³-hybridized carbons (Fsp3) is 0.143. The van der Waals surface area contributed by atoms with Crippen LogP contribution in [0.15, 0.2) is 71.7 Å². The van der Waals surface area contributed by atoms with Crippen LogP contribution in [0.5, 0.6) is 0 Å². The van der Waals surface area contributed by atoms with E-state index < -0.39 is 0 Å². The molecular weight excluding hydrogens is 354 g/mol. The lowest BCUT2D eigenvalue weighted by Gasteiger charge is -2.05. The molecule has 7 nitrogen and oxygen atoms in total. The Bertz CT molecular complexity index is 1050. The Hall–Kier alpha value is -3.74. The Morgan fingerprint density at radius 3 is 2.68 bits per heavy atom. The number of benzene rings is 1. The van der Waals surface area contributed by atoms with Crippen molar-refractivity contribution in [2.24, 2.45) is 0 Å². The summed E-state index contributed by atoms with van der Waals surface area (Å²) in [5, 5.41) is 6.95. The molecule has 0 unspecified atom stereocenters. The second kappa shape index (κ2) is 7.87. The maximum atomic E-state index is 12.2. The van der Waals surface area contributed by atoms with E-state index >= 15 is 0 Å². The molecule has 1 amide bonds. The molecule has 0 aliphatic rings. The minimum absolute atomic E-state index is 0.122. The Balaban J connectivity index is 1.31. The summed E-state index contributed by atoms with van der Waals surface area (Å²) < 4.78 is 7.41. The molecule has 0 saturated carbocycles. The molecule has 0 atom stereocenters. The minimum atomic E-state index is -0.122. The Morgan fingerprint density at radius 2 is 1.96 bits per heavy atom. The van der Waals surface area contributed by atoms with Gasteiger partial charge in [-0.1, -0.05) is 29.8 Å². The zero-order valence-electron chi connectivity index (χ0n) is 15.4. The highest BCUT2D eigenvalue weighted by molar-refractivity contribution is 5.90. The van der Waals surface area contributed by atoms with Gasteiger partial charge in [0.1, 0.15) is 0 Å². The highest BCUT2D eigenvalue weighted by atomic mass is 16.4. The molecule has 140 valence electrons. The SMILES string of the molecule is Cc1ccc(-c2cnc(CCC(=O)Nc3ccc(-n4cccn4)nc3)o2)cc1. The average Bonchev–Trinajstić information content (AvgIpc) is 3.40. The molecule has 0 radical (unpaired) electrons. The van der Waals surface area contributed by atoms with Gasteiger partial charge in [-0.15, -0.1) is 0 Å². The molecule has 0 fully saturated rings. The zero-order chi connectivity index (χ0) is 19.3. The third-order valence-electron chi connectivity index (χ3n) is 4.23. The van der Waals surface area contributed by atoms with Gasteiger partial charge in [0.15, 0.2) is 17.5 Å². The van der Waals surface area contributed by atoms with Gasteiger partial charge in [0, 0.05) is 30.8 Å². The van der Waals surface area contributed by atoms with Crippen LogP contribution in [0.2, 0.25) is 0 Å². The third-order valence-corrected chi connectivity index (χ3v) is 4.23. The number of aryl methyl sites for hydroxylation is 2. The van der Waals surface area contributed by atoms with Crippen molar-refractivity contribution in [2.75, 3.05) is 5.32 Å². The largest absolute Gasteiger partial charge is 0.441 e. The van der Waals surface area contributed by atoms with Crippen LogP contribution in [0.4, 0.5) is 5.69 Å². The number of nitrogens with zero attached hydrogens (tertiary/aromatic N) is 4. The molecule has 7 heteroatoms. The van der Waals surface area contributed by atoms with E-state index in [1.165, 1.54) is 5.56 Å². The smallest absolute Gasteiger partial charge is 0.224 e. The Kier molecular flexibility index (Phi) is 4.97. The number of carbonyl (C=O) groups excluding carboxylic acids is 1. The van der Waals surface area contributed by atoms with Crippen LogP contribution < -0.4 is 5.32 Å². The summed E-state index contributed by atoms with van der Waals surface area (Å²) in [6.45, 7) is 2.04. The predicted molar refractivity (Wildman–Crippen MR) is 105 cm³/mol. The predicted octanol–water partition coefficient (Wildman–Crippen LogP) is 3.80. The van der Waals surface area contributed by atoms with E-state index in [2.05, 4.69) is 20.4 Å². The number of carbonyl (C=O) groups is 1. The molecule has 4 rings (SSSR count). The molecule has 3 heterocycles. The van der Waals surface area contributed by atoms with Crippen LogP contribution >= 0.6 is 0 Å². The summed E-state index contributed by atoms with van der Waals surface area (Å²) in [6.07, 6.45) is 7.49. The van der Waals surface area contributed by atoms with Crippen molar-refractivity contribution in [2.45, 2.75) is 19.8 Å². The van der Waals surface area contributed by atoms with Crippen molar-refractivity contribution in [1.82, 2.24) is 19.7 Å². The number of anilines is 1. The van der Waals surface area contributed by atoms with Gasteiger partial charge in [-0.2, -0.15) is 5.10 Å². The maximum absolute atomic E-state index is 12.2. The maximum Gasteiger partial charge on any atom is 0.224 e. The number of amides is 1. The van der Waals surface area contributed by atoms with Gasteiger partial charge >= 0.3 is 0 Å². The quantitative estimate of drug-likeness (QED) is 0.555. The van der Waals surface area contributed by atoms with Crippen LogP contribution in [0.3, 0.4) is 0 Å². The van der Waals surface area contributed by atoms with Crippen LogP contribution in [0, 0.1) is 6.92 Å². The van der Waals surface area contributed by atoms with E-state index in [0.717, 1.165) is 5.56 Å². The molecular formula is C21H19N5O2. The zero-order valence-corrected chi connectivity index (χ0v) is 15.4. The number of nitrogens with one attached hydrogen (secondary N) is 1. The van der Waals surface area contributed by atoms with Crippen LogP contribution in [-0.4, -0.2) is 25.7 Å². The van der Waals surface area contributed by atoms with Gasteiger partial charge in [-0.3, -0.25) is 4.79 Å². The summed E-state index contributed by atoms with van der Waals surface area (Å²) >= 11 is 0. The van der Waals surface area contributed by atoms with Crippen molar-refractivity contribution >= 4 is 11.6 Å². The first kappa shape index (κ1) is 17.7. The lowest BCUT2D eigenvalue weighted by atomic mass is 10.1. The van der Waals surface area contributed by atoms with E-state index in [9.17, 15) is 4.79 Å². The Morgan fingerprint density at radius 1 is 1.11 bits per heavy atom. The number of pyridine rings is 1. The molecule has 1 N–H and O–H groups in total. The van der Waals surface area contributed by atoms with Crippen molar-refractivity contribution in [3.05, 3.63) is 78.7 Å². The van der Waals surface area contributed by atoms with Crippen molar-refractivity contribution < 1.29 is 9.21 Å². The number of hydrogen-bond acceptors (Lipinski definition) is 5. The lowest BCUT2D eigenvalue weighted by Crippen LogP contribution is -2.12. The molecule has 0 spiro atoms. The minimum Gasteiger partial charge on any atom is -0.441 e. The summed E-state index contributed by atoms with van der Waals surface area (Å²) in [5.74, 6) is 1.81. The standard InChI is InChI=1S/C21H19N5O2/c1-15-3-5-16(6-4-15)18-14-23-21(28-18)10-9-20(27)25-17-7-8-19(22-13-17)26-12-2-11-24-26/h2-8,11-14H,9-10H2,1H3,(H,25,27). The second-order valence-electron chi connectivity index (χ2n) is 6.39. The van der Waals surface area contributed by atoms with E-state index in [-0.39, 0.29) is 12.3 Å². The summed E-state index contributed by atoms with van der Waals surface area (Å²) in [5.41, 5.74) is 2.79. The molecule has 28 heavy (non-hydrogen) atoms. The van der Waals surface area contributed by atoms with Gasteiger partial charge in [-0.05, 0) is 25.1 Å². The fourth-order valence-corrected chi connectivity index (χ4v) is 2.72. The van der Waals surface area contributed by atoms with Gasteiger partial charge in [0.2, 0.25) is 5.91 Å². The van der Waals surface area contributed by atoms with Crippen LogP contribution in [-0.2, 0) is 11.2 Å². The molecule has 0 aliphatic carbocycles.